The fourth-order valence-electron chi connectivity index (χ4n) is 1.90. The van der Waals surface area contributed by atoms with E-state index >= 15 is 0 Å². The lowest BCUT2D eigenvalue weighted by molar-refractivity contribution is -0.143. The second-order valence-electron chi connectivity index (χ2n) is 4.48. The van der Waals surface area contributed by atoms with Gasteiger partial charge in [-0.25, -0.2) is 0 Å². The summed E-state index contributed by atoms with van der Waals surface area (Å²) in [6, 6.07) is 5.33. The predicted octanol–water partition coefficient (Wildman–Crippen LogP) is 2.19. The molecule has 5 nitrogen and oxygen atoms in total. The number of aryl methyl sites for hydroxylation is 1. The van der Waals surface area contributed by atoms with Gasteiger partial charge in [0.15, 0.2) is 0 Å². The zero-order valence-corrected chi connectivity index (χ0v) is 12.7. The molecule has 0 unspecified atom stereocenters. The van der Waals surface area contributed by atoms with E-state index in [2.05, 4.69) is 6.58 Å². The van der Waals surface area contributed by atoms with Gasteiger partial charge in [0.1, 0.15) is 12.3 Å². The van der Waals surface area contributed by atoms with Crippen molar-refractivity contribution < 1.29 is 19.1 Å². The first-order chi connectivity index (χ1) is 10.0. The van der Waals surface area contributed by atoms with Crippen molar-refractivity contribution in [2.75, 3.05) is 26.8 Å². The SMILES string of the molecule is C=CCN(CC(=O)OCC)C(=O)c1cc(C)ccc1OC. The summed E-state index contributed by atoms with van der Waals surface area (Å²) in [6.07, 6.45) is 1.57. The minimum Gasteiger partial charge on any atom is -0.496 e. The fraction of sp³-hybridized carbons (Fsp3) is 0.375. The Hall–Kier alpha value is -2.30. The lowest BCUT2D eigenvalue weighted by atomic mass is 10.1. The first kappa shape index (κ1) is 16.8. The Morgan fingerprint density at radius 1 is 1.38 bits per heavy atom. The van der Waals surface area contributed by atoms with E-state index in [1.807, 2.05) is 13.0 Å². The molecule has 0 fully saturated rings. The number of hydrogen-bond donors (Lipinski definition) is 0. The number of carbonyl (C=O) groups is 2. The van der Waals surface area contributed by atoms with Gasteiger partial charge in [-0.2, -0.15) is 0 Å². The molecule has 0 aliphatic carbocycles. The van der Waals surface area contributed by atoms with Crippen LogP contribution in [-0.2, 0) is 9.53 Å². The number of ether oxygens (including phenoxy) is 2. The molecule has 0 spiro atoms. The van der Waals surface area contributed by atoms with E-state index in [0.29, 0.717) is 11.3 Å². The second kappa shape index (κ2) is 8.09. The third kappa shape index (κ3) is 4.63. The van der Waals surface area contributed by atoms with E-state index < -0.39 is 5.97 Å². The number of methoxy groups -OCH3 is 1. The van der Waals surface area contributed by atoms with E-state index in [0.717, 1.165) is 5.56 Å². The van der Waals surface area contributed by atoms with Crippen LogP contribution in [0.15, 0.2) is 30.9 Å². The number of amides is 1. The Labute approximate surface area is 125 Å². The van der Waals surface area contributed by atoms with Gasteiger partial charge >= 0.3 is 5.97 Å². The maximum Gasteiger partial charge on any atom is 0.325 e. The summed E-state index contributed by atoms with van der Waals surface area (Å²) in [4.78, 5) is 25.6. The molecule has 0 atom stereocenters. The summed E-state index contributed by atoms with van der Waals surface area (Å²) in [7, 11) is 1.50. The molecule has 114 valence electrons. The van der Waals surface area contributed by atoms with Crippen LogP contribution in [-0.4, -0.2) is 43.6 Å². The monoisotopic (exact) mass is 291 g/mol. The van der Waals surface area contributed by atoms with Crippen LogP contribution < -0.4 is 4.74 Å². The van der Waals surface area contributed by atoms with Gasteiger partial charge in [-0.15, -0.1) is 6.58 Å². The molecule has 5 heteroatoms. The average Bonchev–Trinajstić information content (AvgIpc) is 2.46. The summed E-state index contributed by atoms with van der Waals surface area (Å²) in [6.45, 7) is 7.65. The highest BCUT2D eigenvalue weighted by atomic mass is 16.5. The Balaban J connectivity index is 3.02. The van der Waals surface area contributed by atoms with Crippen molar-refractivity contribution in [1.82, 2.24) is 4.90 Å². The van der Waals surface area contributed by atoms with Crippen molar-refractivity contribution >= 4 is 11.9 Å². The summed E-state index contributed by atoms with van der Waals surface area (Å²) >= 11 is 0. The molecule has 0 heterocycles. The predicted molar refractivity (Wildman–Crippen MR) is 80.5 cm³/mol. The molecule has 0 aliphatic heterocycles. The van der Waals surface area contributed by atoms with E-state index in [1.54, 1.807) is 25.1 Å². The highest BCUT2D eigenvalue weighted by Gasteiger charge is 2.21. The van der Waals surface area contributed by atoms with Gasteiger partial charge in [0.05, 0.1) is 19.3 Å². The average molecular weight is 291 g/mol. The Morgan fingerprint density at radius 3 is 2.67 bits per heavy atom. The van der Waals surface area contributed by atoms with E-state index in [4.69, 9.17) is 9.47 Å². The largest absolute Gasteiger partial charge is 0.496 e. The number of benzene rings is 1. The minimum absolute atomic E-state index is 0.115. The van der Waals surface area contributed by atoms with Crippen LogP contribution in [0.1, 0.15) is 22.8 Å². The Bertz CT molecular complexity index is 525. The normalized spacial score (nSPS) is 9.86. The van der Waals surface area contributed by atoms with Crippen LogP contribution >= 0.6 is 0 Å². The maximum atomic E-state index is 12.6. The Morgan fingerprint density at radius 2 is 2.10 bits per heavy atom. The highest BCUT2D eigenvalue weighted by Crippen LogP contribution is 2.21. The van der Waals surface area contributed by atoms with Gasteiger partial charge < -0.3 is 14.4 Å². The molecule has 0 radical (unpaired) electrons. The van der Waals surface area contributed by atoms with Crippen molar-refractivity contribution in [3.05, 3.63) is 42.0 Å². The number of rotatable bonds is 7. The summed E-state index contributed by atoms with van der Waals surface area (Å²) in [5.74, 6) is -0.258. The molecule has 0 aliphatic rings. The van der Waals surface area contributed by atoms with Crippen LogP contribution in [0.25, 0.3) is 0 Å². The minimum atomic E-state index is -0.445. The molecule has 1 amide bonds. The summed E-state index contributed by atoms with van der Waals surface area (Å²) in [5.41, 5.74) is 1.36. The van der Waals surface area contributed by atoms with Gasteiger partial charge in [-0.05, 0) is 26.0 Å². The second-order valence-corrected chi connectivity index (χ2v) is 4.48. The first-order valence-electron chi connectivity index (χ1n) is 6.73. The van der Waals surface area contributed by atoms with E-state index in [9.17, 15) is 9.59 Å². The van der Waals surface area contributed by atoms with Crippen LogP contribution in [0.2, 0.25) is 0 Å². The summed E-state index contributed by atoms with van der Waals surface area (Å²) < 4.78 is 10.1. The van der Waals surface area contributed by atoms with Gasteiger partial charge in [0, 0.05) is 6.54 Å². The van der Waals surface area contributed by atoms with Crippen molar-refractivity contribution in [3.63, 3.8) is 0 Å². The van der Waals surface area contributed by atoms with Crippen LogP contribution in [0.3, 0.4) is 0 Å². The number of nitrogens with zero attached hydrogens (tertiary/aromatic N) is 1. The number of carbonyl (C=O) groups excluding carboxylic acids is 2. The standard InChI is InChI=1S/C16H21NO4/c1-5-9-17(11-15(18)21-6-2)16(19)13-10-12(3)7-8-14(13)20-4/h5,7-8,10H,1,6,9,11H2,2-4H3. The third-order valence-electron chi connectivity index (χ3n) is 2.85. The molecule has 0 saturated carbocycles. The maximum absolute atomic E-state index is 12.6. The van der Waals surface area contributed by atoms with Gasteiger partial charge in [0.25, 0.3) is 5.91 Å². The molecular formula is C16H21NO4. The van der Waals surface area contributed by atoms with Crippen LogP contribution in [0.4, 0.5) is 0 Å². The molecule has 1 rings (SSSR count). The van der Waals surface area contributed by atoms with Gasteiger partial charge in [0.2, 0.25) is 0 Å². The smallest absolute Gasteiger partial charge is 0.325 e. The first-order valence-corrected chi connectivity index (χ1v) is 6.73. The molecule has 0 saturated heterocycles. The molecule has 0 N–H and O–H groups in total. The van der Waals surface area contributed by atoms with E-state index in [-0.39, 0.29) is 25.6 Å². The zero-order valence-electron chi connectivity index (χ0n) is 12.7. The Kier molecular flexibility index (Phi) is 6.46. The number of hydrogen-bond acceptors (Lipinski definition) is 4. The molecule has 21 heavy (non-hydrogen) atoms. The van der Waals surface area contributed by atoms with Gasteiger partial charge in [-0.1, -0.05) is 17.7 Å². The fourth-order valence-corrected chi connectivity index (χ4v) is 1.90. The van der Waals surface area contributed by atoms with Crippen molar-refractivity contribution in [3.8, 4) is 5.75 Å². The summed E-state index contributed by atoms with van der Waals surface area (Å²) in [5, 5.41) is 0. The third-order valence-corrected chi connectivity index (χ3v) is 2.85. The number of esters is 1. The molecule has 0 bridgehead atoms. The van der Waals surface area contributed by atoms with Crippen molar-refractivity contribution in [1.29, 1.82) is 0 Å². The van der Waals surface area contributed by atoms with Crippen LogP contribution in [0.5, 0.6) is 5.75 Å². The lowest BCUT2D eigenvalue weighted by Gasteiger charge is -2.21. The van der Waals surface area contributed by atoms with Crippen LogP contribution in [0, 0.1) is 6.92 Å². The van der Waals surface area contributed by atoms with Gasteiger partial charge in [-0.3, -0.25) is 9.59 Å². The molecule has 1 aromatic rings. The molecule has 0 aromatic heterocycles. The zero-order chi connectivity index (χ0) is 15.8. The van der Waals surface area contributed by atoms with E-state index in [1.165, 1.54) is 12.0 Å². The topological polar surface area (TPSA) is 55.8 Å². The molecule has 1 aromatic carbocycles. The lowest BCUT2D eigenvalue weighted by Crippen LogP contribution is -2.36. The quantitative estimate of drug-likeness (QED) is 0.571. The van der Waals surface area contributed by atoms with Crippen molar-refractivity contribution in [2.24, 2.45) is 0 Å². The highest BCUT2D eigenvalue weighted by molar-refractivity contribution is 5.98. The van der Waals surface area contributed by atoms with Crippen molar-refractivity contribution in [2.45, 2.75) is 13.8 Å². The molecular weight excluding hydrogens is 270 g/mol.